The van der Waals surface area contributed by atoms with E-state index in [1.807, 2.05) is 30.3 Å². The van der Waals surface area contributed by atoms with Gasteiger partial charge in [-0.05, 0) is 23.8 Å². The first-order chi connectivity index (χ1) is 15.5. The zero-order chi connectivity index (χ0) is 22.7. The third-order valence-electron chi connectivity index (χ3n) is 5.19. The van der Waals surface area contributed by atoms with Crippen LogP contribution in [0.15, 0.2) is 60.8 Å². The summed E-state index contributed by atoms with van der Waals surface area (Å²) >= 11 is 0. The summed E-state index contributed by atoms with van der Waals surface area (Å²) in [6, 6.07) is 16.3. The number of fused-ring (bicyclic) bond motifs is 1. The van der Waals surface area contributed by atoms with Crippen LogP contribution in [0.3, 0.4) is 0 Å². The molecule has 0 unspecified atom stereocenters. The Bertz CT molecular complexity index is 1240. The number of phenolic OH excluding ortho intramolecular Hbond substituents is 1. The number of H-pyrrole nitrogens is 1. The molecule has 164 valence electrons. The summed E-state index contributed by atoms with van der Waals surface area (Å²) in [6.07, 6.45) is 1.64. The minimum atomic E-state index is -0.257. The molecular weight excluding hydrogens is 410 g/mol. The second-order valence-corrected chi connectivity index (χ2v) is 7.08. The average molecular weight is 433 g/mol. The van der Waals surface area contributed by atoms with E-state index in [4.69, 9.17) is 18.9 Å². The highest BCUT2D eigenvalue weighted by molar-refractivity contribution is 6.17. The Morgan fingerprint density at radius 2 is 1.53 bits per heavy atom. The van der Waals surface area contributed by atoms with Crippen LogP contribution in [0.5, 0.6) is 28.7 Å². The second-order valence-electron chi connectivity index (χ2n) is 7.08. The third-order valence-corrected chi connectivity index (χ3v) is 5.19. The Morgan fingerprint density at radius 1 is 0.875 bits per heavy atom. The van der Waals surface area contributed by atoms with E-state index in [1.54, 1.807) is 25.4 Å². The molecule has 1 aromatic heterocycles. The standard InChI is InChI=1S/C25H23NO6/c1-29-20-12-19-17(11-21(20)32-14-15-7-5-4-6-8-15)18(13-26-19)24(27)16-9-22(30-2)25(28)23(10-16)31-3/h4-13,26,28H,14H2,1-3H3. The van der Waals surface area contributed by atoms with E-state index in [9.17, 15) is 9.90 Å². The maximum Gasteiger partial charge on any atom is 0.200 e. The van der Waals surface area contributed by atoms with Crippen molar-refractivity contribution in [3.8, 4) is 28.7 Å². The first kappa shape index (κ1) is 21.1. The SMILES string of the molecule is COc1cc2[nH]cc(C(=O)c3cc(OC)c(O)c(OC)c3)c2cc1OCc1ccccc1. The van der Waals surface area contributed by atoms with Crippen molar-refractivity contribution >= 4 is 16.7 Å². The van der Waals surface area contributed by atoms with Gasteiger partial charge in [0.1, 0.15) is 6.61 Å². The second kappa shape index (κ2) is 8.93. The summed E-state index contributed by atoms with van der Waals surface area (Å²) in [7, 11) is 4.40. The predicted molar refractivity (Wildman–Crippen MR) is 120 cm³/mol. The van der Waals surface area contributed by atoms with Crippen LogP contribution >= 0.6 is 0 Å². The monoisotopic (exact) mass is 433 g/mol. The minimum absolute atomic E-state index is 0.154. The number of rotatable bonds is 8. The summed E-state index contributed by atoms with van der Waals surface area (Å²) in [5, 5.41) is 10.8. The number of methoxy groups -OCH3 is 3. The summed E-state index contributed by atoms with van der Waals surface area (Å²) in [6.45, 7) is 0.364. The van der Waals surface area contributed by atoms with Crippen LogP contribution in [-0.2, 0) is 6.61 Å². The highest BCUT2D eigenvalue weighted by Gasteiger charge is 2.21. The highest BCUT2D eigenvalue weighted by Crippen LogP contribution is 2.39. The molecule has 0 saturated heterocycles. The number of aromatic amines is 1. The van der Waals surface area contributed by atoms with E-state index in [-0.39, 0.29) is 23.0 Å². The van der Waals surface area contributed by atoms with E-state index < -0.39 is 0 Å². The van der Waals surface area contributed by atoms with Gasteiger partial charge in [-0.15, -0.1) is 0 Å². The van der Waals surface area contributed by atoms with Gasteiger partial charge in [-0.2, -0.15) is 0 Å². The lowest BCUT2D eigenvalue weighted by Gasteiger charge is -2.12. The Labute approximate surface area is 185 Å². The fraction of sp³-hybridized carbons (Fsp3) is 0.160. The first-order valence-electron chi connectivity index (χ1n) is 9.91. The molecule has 4 aromatic rings. The maximum atomic E-state index is 13.3. The van der Waals surface area contributed by atoms with Crippen molar-refractivity contribution in [2.24, 2.45) is 0 Å². The number of nitrogens with one attached hydrogen (secondary N) is 1. The number of ketones is 1. The molecule has 0 saturated carbocycles. The molecular formula is C25H23NO6. The molecule has 0 fully saturated rings. The lowest BCUT2D eigenvalue weighted by molar-refractivity contribution is 0.103. The molecule has 0 atom stereocenters. The van der Waals surface area contributed by atoms with Gasteiger partial charge in [0, 0.05) is 28.8 Å². The fourth-order valence-electron chi connectivity index (χ4n) is 3.51. The number of carbonyl (C=O) groups excluding carboxylic acids is 1. The van der Waals surface area contributed by atoms with Crippen molar-refractivity contribution in [2.75, 3.05) is 21.3 Å². The van der Waals surface area contributed by atoms with E-state index in [0.717, 1.165) is 11.1 Å². The van der Waals surface area contributed by atoms with Crippen LogP contribution < -0.4 is 18.9 Å². The predicted octanol–water partition coefficient (Wildman–Crippen LogP) is 4.71. The van der Waals surface area contributed by atoms with E-state index in [1.165, 1.54) is 26.4 Å². The van der Waals surface area contributed by atoms with Crippen molar-refractivity contribution in [1.82, 2.24) is 4.98 Å². The molecule has 0 spiro atoms. The van der Waals surface area contributed by atoms with Gasteiger partial charge in [-0.1, -0.05) is 30.3 Å². The number of aromatic hydroxyl groups is 1. The van der Waals surface area contributed by atoms with Crippen LogP contribution in [0.1, 0.15) is 21.5 Å². The lowest BCUT2D eigenvalue weighted by atomic mass is 10.0. The molecule has 7 heteroatoms. The molecule has 1 heterocycles. The van der Waals surface area contributed by atoms with Crippen molar-refractivity contribution < 1.29 is 28.8 Å². The topological polar surface area (TPSA) is 90.0 Å². The maximum absolute atomic E-state index is 13.3. The number of benzene rings is 3. The van der Waals surface area contributed by atoms with Gasteiger partial charge < -0.3 is 29.0 Å². The highest BCUT2D eigenvalue weighted by atomic mass is 16.5. The summed E-state index contributed by atoms with van der Waals surface area (Å²) in [5.74, 6) is 0.974. The summed E-state index contributed by atoms with van der Waals surface area (Å²) in [4.78, 5) is 16.4. The molecule has 2 N–H and O–H groups in total. The summed E-state index contributed by atoms with van der Waals surface area (Å²) in [5.41, 5.74) is 2.51. The molecule has 0 aliphatic rings. The van der Waals surface area contributed by atoms with Gasteiger partial charge in [0.2, 0.25) is 5.75 Å². The van der Waals surface area contributed by atoms with Gasteiger partial charge in [-0.3, -0.25) is 4.79 Å². The fourth-order valence-corrected chi connectivity index (χ4v) is 3.51. The van der Waals surface area contributed by atoms with Gasteiger partial charge in [0.25, 0.3) is 0 Å². The normalized spacial score (nSPS) is 10.7. The van der Waals surface area contributed by atoms with E-state index in [2.05, 4.69) is 4.98 Å². The third kappa shape index (κ3) is 3.92. The molecule has 0 aliphatic carbocycles. The van der Waals surface area contributed by atoms with Gasteiger partial charge >= 0.3 is 0 Å². The van der Waals surface area contributed by atoms with Crippen molar-refractivity contribution in [3.05, 3.63) is 77.5 Å². The minimum Gasteiger partial charge on any atom is -0.502 e. The molecule has 0 radical (unpaired) electrons. The number of carbonyl (C=O) groups is 1. The lowest BCUT2D eigenvalue weighted by Crippen LogP contribution is -2.03. The van der Waals surface area contributed by atoms with Crippen LogP contribution in [0.25, 0.3) is 10.9 Å². The average Bonchev–Trinajstić information content (AvgIpc) is 3.25. The van der Waals surface area contributed by atoms with Crippen molar-refractivity contribution in [3.63, 3.8) is 0 Å². The van der Waals surface area contributed by atoms with Crippen LogP contribution in [-0.4, -0.2) is 37.2 Å². The molecule has 3 aromatic carbocycles. The zero-order valence-corrected chi connectivity index (χ0v) is 18.0. The van der Waals surface area contributed by atoms with Crippen molar-refractivity contribution in [2.45, 2.75) is 6.61 Å². The van der Waals surface area contributed by atoms with Gasteiger partial charge in [0.05, 0.1) is 26.8 Å². The quantitative estimate of drug-likeness (QED) is 0.391. The Hall–Kier alpha value is -4.13. The molecule has 32 heavy (non-hydrogen) atoms. The smallest absolute Gasteiger partial charge is 0.200 e. The van der Waals surface area contributed by atoms with Gasteiger partial charge in [-0.25, -0.2) is 0 Å². The zero-order valence-electron chi connectivity index (χ0n) is 18.0. The van der Waals surface area contributed by atoms with E-state index in [0.29, 0.717) is 34.6 Å². The van der Waals surface area contributed by atoms with Crippen LogP contribution in [0, 0.1) is 0 Å². The summed E-state index contributed by atoms with van der Waals surface area (Å²) < 4.78 is 21.8. The number of hydrogen-bond donors (Lipinski definition) is 2. The molecule has 4 rings (SSSR count). The largest absolute Gasteiger partial charge is 0.502 e. The number of ether oxygens (including phenoxy) is 4. The Morgan fingerprint density at radius 3 is 2.16 bits per heavy atom. The Balaban J connectivity index is 1.73. The number of hydrogen-bond acceptors (Lipinski definition) is 6. The van der Waals surface area contributed by atoms with E-state index >= 15 is 0 Å². The van der Waals surface area contributed by atoms with Crippen LogP contribution in [0.4, 0.5) is 0 Å². The molecule has 7 nitrogen and oxygen atoms in total. The Kier molecular flexibility index (Phi) is 5.89. The molecule has 0 bridgehead atoms. The van der Waals surface area contributed by atoms with Crippen LogP contribution in [0.2, 0.25) is 0 Å². The van der Waals surface area contributed by atoms with Gasteiger partial charge in [0.15, 0.2) is 28.8 Å². The van der Waals surface area contributed by atoms with Crippen molar-refractivity contribution in [1.29, 1.82) is 0 Å². The molecule has 0 amide bonds. The number of phenols is 1. The number of aromatic nitrogens is 1. The molecule has 0 aliphatic heterocycles. The first-order valence-corrected chi connectivity index (χ1v) is 9.91.